The van der Waals surface area contributed by atoms with Gasteiger partial charge >= 0.3 is 0 Å². The Morgan fingerprint density at radius 2 is 2.18 bits per heavy atom. The van der Waals surface area contributed by atoms with Crippen LogP contribution in [0.3, 0.4) is 0 Å². The number of hydrogen-bond acceptors (Lipinski definition) is 3. The van der Waals surface area contributed by atoms with Crippen molar-refractivity contribution in [1.29, 1.82) is 0 Å². The van der Waals surface area contributed by atoms with Crippen LogP contribution in [0.2, 0.25) is 0 Å². The fraction of sp³-hybridized carbons (Fsp3) is 0.647. The molecule has 1 aliphatic carbocycles. The lowest BCUT2D eigenvalue weighted by atomic mass is 9.97. The van der Waals surface area contributed by atoms with Crippen LogP contribution in [0.5, 0.6) is 0 Å². The summed E-state index contributed by atoms with van der Waals surface area (Å²) in [5.41, 5.74) is 2.51. The first-order valence-electron chi connectivity index (χ1n) is 8.32. The van der Waals surface area contributed by atoms with E-state index < -0.39 is 0 Å². The van der Waals surface area contributed by atoms with Gasteiger partial charge in [-0.25, -0.2) is 9.98 Å². The molecule has 1 heterocycles. The third-order valence-corrected chi connectivity index (χ3v) is 3.91. The maximum absolute atomic E-state index is 5.56. The van der Waals surface area contributed by atoms with E-state index in [1.165, 1.54) is 25.7 Å². The number of aryl methyl sites for hydroxylation is 2. The quantitative estimate of drug-likeness (QED) is 0.481. The maximum atomic E-state index is 5.56. The van der Waals surface area contributed by atoms with Crippen molar-refractivity contribution < 1.29 is 4.42 Å². The minimum atomic E-state index is 0.465. The van der Waals surface area contributed by atoms with Crippen molar-refractivity contribution in [2.45, 2.75) is 59.4 Å². The van der Waals surface area contributed by atoms with Crippen LogP contribution in [0.25, 0.3) is 0 Å². The molecule has 5 nitrogen and oxygen atoms in total. The average molecular weight is 304 g/mol. The Morgan fingerprint density at radius 3 is 2.82 bits per heavy atom. The van der Waals surface area contributed by atoms with Crippen LogP contribution < -0.4 is 10.6 Å². The minimum Gasteiger partial charge on any atom is -0.444 e. The Morgan fingerprint density at radius 1 is 1.32 bits per heavy atom. The van der Waals surface area contributed by atoms with Crippen molar-refractivity contribution >= 4 is 5.96 Å². The predicted molar refractivity (Wildman–Crippen MR) is 90.0 cm³/mol. The van der Waals surface area contributed by atoms with E-state index in [2.05, 4.69) is 33.6 Å². The highest BCUT2D eigenvalue weighted by Gasteiger charge is 2.06. The predicted octanol–water partition coefficient (Wildman–Crippen LogP) is 3.24. The molecule has 22 heavy (non-hydrogen) atoms. The SMILES string of the molecule is CCNC(=NCc1nc(C)c(C)o1)NCCC1=CCCCC1. The Kier molecular flexibility index (Phi) is 6.49. The van der Waals surface area contributed by atoms with Gasteiger partial charge in [-0.15, -0.1) is 0 Å². The molecule has 2 N–H and O–H groups in total. The smallest absolute Gasteiger partial charge is 0.216 e. The molecule has 1 aromatic rings. The molecule has 0 saturated heterocycles. The van der Waals surface area contributed by atoms with E-state index in [9.17, 15) is 0 Å². The van der Waals surface area contributed by atoms with Crippen LogP contribution in [0.1, 0.15) is 56.4 Å². The zero-order valence-electron chi connectivity index (χ0n) is 14.0. The highest BCUT2D eigenvalue weighted by molar-refractivity contribution is 5.79. The van der Waals surface area contributed by atoms with Gasteiger partial charge in [0.25, 0.3) is 0 Å². The molecule has 2 rings (SSSR count). The molecule has 0 atom stereocenters. The lowest BCUT2D eigenvalue weighted by Crippen LogP contribution is -2.37. The van der Waals surface area contributed by atoms with Gasteiger partial charge in [-0.2, -0.15) is 0 Å². The summed E-state index contributed by atoms with van der Waals surface area (Å²) in [7, 11) is 0. The fourth-order valence-electron chi connectivity index (χ4n) is 2.57. The summed E-state index contributed by atoms with van der Waals surface area (Å²) >= 11 is 0. The van der Waals surface area contributed by atoms with E-state index in [1.807, 2.05) is 13.8 Å². The zero-order chi connectivity index (χ0) is 15.8. The van der Waals surface area contributed by atoms with Crippen LogP contribution in [0.15, 0.2) is 21.1 Å². The first-order chi connectivity index (χ1) is 10.7. The molecule has 0 amide bonds. The van der Waals surface area contributed by atoms with E-state index in [4.69, 9.17) is 4.42 Å². The highest BCUT2D eigenvalue weighted by atomic mass is 16.4. The molecular formula is C17H28N4O. The molecule has 0 radical (unpaired) electrons. The first kappa shape index (κ1) is 16.6. The number of aromatic nitrogens is 1. The van der Waals surface area contributed by atoms with E-state index in [0.29, 0.717) is 12.4 Å². The second-order valence-corrected chi connectivity index (χ2v) is 5.73. The van der Waals surface area contributed by atoms with Crippen molar-refractivity contribution in [2.24, 2.45) is 4.99 Å². The largest absolute Gasteiger partial charge is 0.444 e. The van der Waals surface area contributed by atoms with Crippen molar-refractivity contribution in [3.8, 4) is 0 Å². The van der Waals surface area contributed by atoms with E-state index in [0.717, 1.165) is 36.9 Å². The van der Waals surface area contributed by atoms with Crippen LogP contribution in [-0.4, -0.2) is 24.0 Å². The van der Waals surface area contributed by atoms with Gasteiger partial charge in [0, 0.05) is 13.1 Å². The monoisotopic (exact) mass is 304 g/mol. The molecule has 0 bridgehead atoms. The lowest BCUT2D eigenvalue weighted by molar-refractivity contribution is 0.473. The molecule has 122 valence electrons. The van der Waals surface area contributed by atoms with Crippen molar-refractivity contribution in [3.63, 3.8) is 0 Å². The molecule has 0 aliphatic heterocycles. The van der Waals surface area contributed by atoms with Crippen LogP contribution in [0, 0.1) is 13.8 Å². The third-order valence-electron chi connectivity index (χ3n) is 3.91. The van der Waals surface area contributed by atoms with Gasteiger partial charge in [0.1, 0.15) is 12.3 Å². The van der Waals surface area contributed by atoms with Gasteiger partial charge in [0.05, 0.1) is 5.69 Å². The molecule has 0 spiro atoms. The van der Waals surface area contributed by atoms with Crippen molar-refractivity contribution in [1.82, 2.24) is 15.6 Å². The summed E-state index contributed by atoms with van der Waals surface area (Å²) in [5.74, 6) is 2.36. The summed E-state index contributed by atoms with van der Waals surface area (Å²) in [6.45, 7) is 8.18. The van der Waals surface area contributed by atoms with Crippen molar-refractivity contribution in [2.75, 3.05) is 13.1 Å². The molecule has 0 aromatic carbocycles. The van der Waals surface area contributed by atoms with Crippen molar-refractivity contribution in [3.05, 3.63) is 29.0 Å². The molecular weight excluding hydrogens is 276 g/mol. The molecule has 0 unspecified atom stereocenters. The third kappa shape index (κ3) is 5.20. The van der Waals surface area contributed by atoms with Gasteiger partial charge in [-0.3, -0.25) is 0 Å². The lowest BCUT2D eigenvalue weighted by Gasteiger charge is -2.14. The Bertz CT molecular complexity index is 511. The highest BCUT2D eigenvalue weighted by Crippen LogP contribution is 2.19. The normalized spacial score (nSPS) is 15.6. The summed E-state index contributed by atoms with van der Waals surface area (Å²) < 4.78 is 5.56. The van der Waals surface area contributed by atoms with Gasteiger partial charge in [0.15, 0.2) is 5.96 Å². The summed E-state index contributed by atoms with van der Waals surface area (Å²) in [4.78, 5) is 8.90. The standard InChI is InChI=1S/C17H28N4O/c1-4-18-17(19-11-10-15-8-6-5-7-9-15)20-12-16-21-13(2)14(3)22-16/h8H,4-7,9-12H2,1-3H3,(H2,18,19,20). The van der Waals surface area contributed by atoms with Gasteiger partial charge < -0.3 is 15.1 Å². The molecule has 0 saturated carbocycles. The number of nitrogens with zero attached hydrogens (tertiary/aromatic N) is 2. The topological polar surface area (TPSA) is 62.5 Å². The number of guanidine groups is 1. The van der Waals surface area contributed by atoms with Crippen LogP contribution in [-0.2, 0) is 6.54 Å². The Balaban J connectivity index is 1.82. The number of allylic oxidation sites excluding steroid dienone is 1. The first-order valence-corrected chi connectivity index (χ1v) is 8.32. The Hall–Kier alpha value is -1.78. The summed E-state index contributed by atoms with van der Waals surface area (Å²) in [6.07, 6.45) is 8.67. The molecule has 1 aromatic heterocycles. The number of oxazole rings is 1. The van der Waals surface area contributed by atoms with E-state index >= 15 is 0 Å². The fourth-order valence-corrected chi connectivity index (χ4v) is 2.57. The van der Waals surface area contributed by atoms with Gasteiger partial charge in [-0.1, -0.05) is 11.6 Å². The number of aliphatic imine (C=N–C) groups is 1. The Labute approximate surface area is 133 Å². The van der Waals surface area contributed by atoms with Gasteiger partial charge in [-0.05, 0) is 52.9 Å². The average Bonchev–Trinajstić information content (AvgIpc) is 2.84. The molecule has 5 heteroatoms. The van der Waals surface area contributed by atoms with E-state index in [1.54, 1.807) is 5.57 Å². The number of hydrogen-bond donors (Lipinski definition) is 2. The minimum absolute atomic E-state index is 0.465. The van der Waals surface area contributed by atoms with Crippen LogP contribution >= 0.6 is 0 Å². The molecule has 0 fully saturated rings. The summed E-state index contributed by atoms with van der Waals surface area (Å²) in [5, 5.41) is 6.65. The number of rotatable bonds is 6. The summed E-state index contributed by atoms with van der Waals surface area (Å²) in [6, 6.07) is 0. The second-order valence-electron chi connectivity index (χ2n) is 5.73. The van der Waals surface area contributed by atoms with Crippen LogP contribution in [0.4, 0.5) is 0 Å². The second kappa shape index (κ2) is 8.61. The van der Waals surface area contributed by atoms with Gasteiger partial charge in [0.2, 0.25) is 5.89 Å². The number of nitrogens with one attached hydrogen (secondary N) is 2. The van der Waals surface area contributed by atoms with E-state index in [-0.39, 0.29) is 0 Å². The zero-order valence-corrected chi connectivity index (χ0v) is 14.0. The molecule has 1 aliphatic rings. The maximum Gasteiger partial charge on any atom is 0.216 e.